The highest BCUT2D eigenvalue weighted by atomic mass is 19.1. The molecule has 0 radical (unpaired) electrons. The van der Waals surface area contributed by atoms with Crippen LogP contribution in [0.3, 0.4) is 0 Å². The summed E-state index contributed by atoms with van der Waals surface area (Å²) >= 11 is 0. The van der Waals surface area contributed by atoms with E-state index in [1.165, 1.54) is 12.1 Å². The Kier molecular flexibility index (Phi) is 2.82. The van der Waals surface area contributed by atoms with Crippen LogP contribution in [0.1, 0.15) is 30.9 Å². The van der Waals surface area contributed by atoms with Crippen molar-refractivity contribution < 1.29 is 9.13 Å². The first-order chi connectivity index (χ1) is 8.69. The summed E-state index contributed by atoms with van der Waals surface area (Å²) in [7, 11) is 0. The van der Waals surface area contributed by atoms with Gasteiger partial charge in [0.2, 0.25) is 0 Å². The van der Waals surface area contributed by atoms with Crippen molar-refractivity contribution in [1.82, 2.24) is 4.90 Å². The van der Waals surface area contributed by atoms with Gasteiger partial charge in [0.25, 0.3) is 0 Å². The molecule has 1 aliphatic carbocycles. The lowest BCUT2D eigenvalue weighted by Gasteiger charge is -2.41. The minimum absolute atomic E-state index is 0.263. The fraction of sp³-hybridized carbons (Fsp3) is 0.500. The van der Waals surface area contributed by atoms with E-state index in [1.807, 2.05) is 6.92 Å². The Morgan fingerprint density at radius 1 is 1.44 bits per heavy atom. The third-order valence-corrected chi connectivity index (χ3v) is 3.87. The molecule has 0 aromatic heterocycles. The second kappa shape index (κ2) is 4.35. The standard InChI is InChI=1S/C14H17FN2O/c1-2-18-12-6-11(7-12)17-8-9-3-4-10(15)5-13(9)14(17)16/h3-5,11-12,16H,2,6-8H2,1H3. The number of nitrogens with one attached hydrogen (secondary N) is 1. The molecular weight excluding hydrogens is 231 g/mol. The molecule has 0 unspecified atom stereocenters. The largest absolute Gasteiger partial charge is 0.378 e. The molecule has 0 saturated heterocycles. The van der Waals surface area contributed by atoms with Gasteiger partial charge in [-0.25, -0.2) is 4.39 Å². The average Bonchev–Trinajstić information content (AvgIpc) is 2.61. The number of rotatable bonds is 3. The molecule has 1 aromatic rings. The molecule has 1 N–H and O–H groups in total. The van der Waals surface area contributed by atoms with Crippen LogP contribution in [0.15, 0.2) is 18.2 Å². The third-order valence-electron chi connectivity index (χ3n) is 3.87. The molecule has 1 saturated carbocycles. The van der Waals surface area contributed by atoms with E-state index >= 15 is 0 Å². The molecule has 1 heterocycles. The van der Waals surface area contributed by atoms with Crippen molar-refractivity contribution in [2.75, 3.05) is 6.61 Å². The van der Waals surface area contributed by atoms with Gasteiger partial charge in [-0.3, -0.25) is 5.41 Å². The van der Waals surface area contributed by atoms with Crippen molar-refractivity contribution in [3.8, 4) is 0 Å². The SMILES string of the molecule is CCOC1CC(N2Cc3ccc(F)cc3C2=N)C1. The Labute approximate surface area is 106 Å². The van der Waals surface area contributed by atoms with Gasteiger partial charge in [0.15, 0.2) is 0 Å². The molecule has 0 atom stereocenters. The van der Waals surface area contributed by atoms with Crippen molar-refractivity contribution in [3.63, 3.8) is 0 Å². The molecule has 1 aliphatic heterocycles. The van der Waals surface area contributed by atoms with E-state index in [4.69, 9.17) is 10.1 Å². The van der Waals surface area contributed by atoms with Gasteiger partial charge < -0.3 is 9.64 Å². The summed E-state index contributed by atoms with van der Waals surface area (Å²) in [6.07, 6.45) is 2.30. The van der Waals surface area contributed by atoms with Crippen molar-refractivity contribution in [1.29, 1.82) is 5.41 Å². The van der Waals surface area contributed by atoms with Gasteiger partial charge in [0.1, 0.15) is 11.7 Å². The normalized spacial score (nSPS) is 26.1. The van der Waals surface area contributed by atoms with Crippen LogP contribution in [-0.4, -0.2) is 29.5 Å². The molecule has 1 fully saturated rings. The highest BCUT2D eigenvalue weighted by molar-refractivity contribution is 6.00. The lowest BCUT2D eigenvalue weighted by Crippen LogP contribution is -2.48. The number of amidine groups is 1. The van der Waals surface area contributed by atoms with E-state index in [0.717, 1.165) is 37.1 Å². The number of benzene rings is 1. The molecule has 18 heavy (non-hydrogen) atoms. The Morgan fingerprint density at radius 2 is 2.22 bits per heavy atom. The molecule has 1 aromatic carbocycles. The van der Waals surface area contributed by atoms with Gasteiger partial charge in [0, 0.05) is 24.8 Å². The second-order valence-corrected chi connectivity index (χ2v) is 4.98. The molecule has 3 nitrogen and oxygen atoms in total. The fourth-order valence-electron chi connectivity index (χ4n) is 2.80. The molecule has 3 rings (SSSR count). The quantitative estimate of drug-likeness (QED) is 0.892. The predicted octanol–water partition coefficient (Wildman–Crippen LogP) is 2.53. The monoisotopic (exact) mass is 248 g/mol. The molecule has 0 bridgehead atoms. The number of fused-ring (bicyclic) bond motifs is 1. The lowest BCUT2D eigenvalue weighted by atomic mass is 9.88. The van der Waals surface area contributed by atoms with Crippen LogP contribution in [0, 0.1) is 11.2 Å². The molecule has 0 spiro atoms. The summed E-state index contributed by atoms with van der Waals surface area (Å²) in [6.45, 7) is 3.49. The number of nitrogens with zero attached hydrogens (tertiary/aromatic N) is 1. The second-order valence-electron chi connectivity index (χ2n) is 4.98. The molecule has 2 aliphatic rings. The number of halogens is 1. The summed E-state index contributed by atoms with van der Waals surface area (Å²) in [4.78, 5) is 2.07. The highest BCUT2D eigenvalue weighted by Gasteiger charge is 2.38. The maximum Gasteiger partial charge on any atom is 0.129 e. The fourth-order valence-corrected chi connectivity index (χ4v) is 2.80. The van der Waals surface area contributed by atoms with Crippen LogP contribution in [-0.2, 0) is 11.3 Å². The summed E-state index contributed by atoms with van der Waals surface area (Å²) in [5, 5.41) is 8.14. The lowest BCUT2D eigenvalue weighted by molar-refractivity contribution is -0.0309. The number of hydrogen-bond acceptors (Lipinski definition) is 2. The van der Waals surface area contributed by atoms with Crippen LogP contribution in [0.4, 0.5) is 4.39 Å². The van der Waals surface area contributed by atoms with Gasteiger partial charge in [-0.05, 0) is 37.5 Å². The Bertz CT molecular complexity index is 483. The average molecular weight is 248 g/mol. The van der Waals surface area contributed by atoms with Crippen LogP contribution >= 0.6 is 0 Å². The van der Waals surface area contributed by atoms with E-state index in [9.17, 15) is 4.39 Å². The Morgan fingerprint density at radius 3 is 2.94 bits per heavy atom. The summed E-state index contributed by atoms with van der Waals surface area (Å²) < 4.78 is 18.7. The first-order valence-electron chi connectivity index (χ1n) is 6.44. The van der Waals surface area contributed by atoms with Crippen LogP contribution < -0.4 is 0 Å². The zero-order chi connectivity index (χ0) is 12.7. The maximum absolute atomic E-state index is 13.2. The zero-order valence-electron chi connectivity index (χ0n) is 10.4. The van der Waals surface area contributed by atoms with Crippen molar-refractivity contribution >= 4 is 5.84 Å². The van der Waals surface area contributed by atoms with Crippen LogP contribution in [0.2, 0.25) is 0 Å². The predicted molar refractivity (Wildman–Crippen MR) is 67.2 cm³/mol. The van der Waals surface area contributed by atoms with Crippen LogP contribution in [0.25, 0.3) is 0 Å². The molecule has 96 valence electrons. The van der Waals surface area contributed by atoms with Crippen molar-refractivity contribution in [2.45, 2.75) is 38.5 Å². The van der Waals surface area contributed by atoms with E-state index in [1.54, 1.807) is 6.07 Å². The van der Waals surface area contributed by atoms with Gasteiger partial charge in [0.05, 0.1) is 6.10 Å². The van der Waals surface area contributed by atoms with E-state index in [-0.39, 0.29) is 5.82 Å². The summed E-state index contributed by atoms with van der Waals surface area (Å²) in [6, 6.07) is 5.11. The van der Waals surface area contributed by atoms with E-state index in [2.05, 4.69) is 4.90 Å². The van der Waals surface area contributed by atoms with E-state index in [0.29, 0.717) is 18.0 Å². The van der Waals surface area contributed by atoms with Crippen molar-refractivity contribution in [3.05, 3.63) is 35.1 Å². The number of hydrogen-bond donors (Lipinski definition) is 1. The minimum Gasteiger partial charge on any atom is -0.378 e. The zero-order valence-corrected chi connectivity index (χ0v) is 10.4. The molecular formula is C14H17FN2O. The van der Waals surface area contributed by atoms with E-state index < -0.39 is 0 Å². The summed E-state index contributed by atoms with van der Waals surface area (Å²) in [5.41, 5.74) is 1.80. The summed E-state index contributed by atoms with van der Waals surface area (Å²) in [5.74, 6) is 0.200. The first kappa shape index (κ1) is 11.7. The van der Waals surface area contributed by atoms with Gasteiger partial charge in [-0.2, -0.15) is 0 Å². The molecule has 0 amide bonds. The Hall–Kier alpha value is -1.42. The van der Waals surface area contributed by atoms with Gasteiger partial charge >= 0.3 is 0 Å². The van der Waals surface area contributed by atoms with Crippen LogP contribution in [0.5, 0.6) is 0 Å². The number of ether oxygens (including phenoxy) is 1. The Balaban J connectivity index is 1.70. The smallest absolute Gasteiger partial charge is 0.129 e. The van der Waals surface area contributed by atoms with Gasteiger partial charge in [-0.1, -0.05) is 6.07 Å². The van der Waals surface area contributed by atoms with Crippen molar-refractivity contribution in [2.24, 2.45) is 0 Å². The first-order valence-corrected chi connectivity index (χ1v) is 6.44. The van der Waals surface area contributed by atoms with Gasteiger partial charge in [-0.15, -0.1) is 0 Å². The molecule has 4 heteroatoms. The highest BCUT2D eigenvalue weighted by Crippen LogP contribution is 2.34. The third kappa shape index (κ3) is 1.81. The maximum atomic E-state index is 13.2. The topological polar surface area (TPSA) is 36.3 Å². The minimum atomic E-state index is -0.263.